The molecule has 0 radical (unpaired) electrons. The van der Waals surface area contributed by atoms with Gasteiger partial charge in [0.15, 0.2) is 0 Å². The van der Waals surface area contributed by atoms with Gasteiger partial charge < -0.3 is 15.8 Å². The largest absolute Gasteiger partial charge is 0.462 e. The lowest BCUT2D eigenvalue weighted by atomic mass is 10.2. The summed E-state index contributed by atoms with van der Waals surface area (Å²) in [5.41, 5.74) is 6.42. The van der Waals surface area contributed by atoms with Crippen LogP contribution in [0.5, 0.6) is 0 Å². The first kappa shape index (κ1) is 13.9. The van der Waals surface area contributed by atoms with Gasteiger partial charge in [-0.25, -0.2) is 9.78 Å². The molecule has 2 aromatic rings. The van der Waals surface area contributed by atoms with Crippen molar-refractivity contribution in [1.82, 2.24) is 14.8 Å². The van der Waals surface area contributed by atoms with Gasteiger partial charge >= 0.3 is 5.97 Å². The maximum atomic E-state index is 11.8. The summed E-state index contributed by atoms with van der Waals surface area (Å²) < 4.78 is 6.77. The molecule has 2 aromatic heterocycles. The summed E-state index contributed by atoms with van der Waals surface area (Å²) in [6.07, 6.45) is 5.08. The van der Waals surface area contributed by atoms with Crippen LogP contribution in [-0.4, -0.2) is 33.9 Å². The standard InChI is InChI=1S/C13H17N5O2/c1-2-20-13(19)11-8-10(14)9-16-12(11)15-5-7-18-6-3-4-17-18/h3-4,6,8-9H,2,5,7,14H2,1H3,(H,15,16). The zero-order valence-electron chi connectivity index (χ0n) is 11.2. The minimum absolute atomic E-state index is 0.306. The minimum atomic E-state index is -0.436. The van der Waals surface area contributed by atoms with Crippen molar-refractivity contribution >= 4 is 17.5 Å². The summed E-state index contributed by atoms with van der Waals surface area (Å²) in [6, 6.07) is 3.41. The third-order valence-corrected chi connectivity index (χ3v) is 2.60. The van der Waals surface area contributed by atoms with Crippen LogP contribution in [0.4, 0.5) is 11.5 Å². The van der Waals surface area contributed by atoms with E-state index in [0.717, 1.165) is 0 Å². The van der Waals surface area contributed by atoms with E-state index in [-0.39, 0.29) is 0 Å². The Hall–Kier alpha value is -2.57. The number of aromatic nitrogens is 3. The number of carbonyl (C=O) groups is 1. The molecule has 0 aliphatic carbocycles. The highest BCUT2D eigenvalue weighted by molar-refractivity contribution is 5.95. The molecule has 0 aliphatic rings. The Kier molecular flexibility index (Phi) is 4.54. The van der Waals surface area contributed by atoms with Crippen molar-refractivity contribution in [3.05, 3.63) is 36.3 Å². The van der Waals surface area contributed by atoms with E-state index >= 15 is 0 Å². The molecule has 0 spiro atoms. The molecule has 20 heavy (non-hydrogen) atoms. The molecule has 0 fully saturated rings. The zero-order valence-corrected chi connectivity index (χ0v) is 11.2. The van der Waals surface area contributed by atoms with E-state index in [1.54, 1.807) is 23.9 Å². The Labute approximate surface area is 116 Å². The van der Waals surface area contributed by atoms with Crippen LogP contribution >= 0.6 is 0 Å². The molecule has 0 saturated heterocycles. The molecule has 3 N–H and O–H groups in total. The quantitative estimate of drug-likeness (QED) is 0.768. The number of hydrogen-bond donors (Lipinski definition) is 2. The first-order chi connectivity index (χ1) is 9.70. The summed E-state index contributed by atoms with van der Waals surface area (Å²) in [6.45, 7) is 3.31. The summed E-state index contributed by atoms with van der Waals surface area (Å²) in [5.74, 6) is 0.0266. The molecule has 106 valence electrons. The fraction of sp³-hybridized carbons (Fsp3) is 0.308. The van der Waals surface area contributed by atoms with Gasteiger partial charge in [-0.05, 0) is 19.1 Å². The highest BCUT2D eigenvalue weighted by Crippen LogP contribution is 2.16. The van der Waals surface area contributed by atoms with Gasteiger partial charge in [0, 0.05) is 18.9 Å². The van der Waals surface area contributed by atoms with E-state index in [9.17, 15) is 4.79 Å². The first-order valence-electron chi connectivity index (χ1n) is 6.34. The third-order valence-electron chi connectivity index (χ3n) is 2.60. The Morgan fingerprint density at radius 2 is 2.40 bits per heavy atom. The van der Waals surface area contributed by atoms with Crippen molar-refractivity contribution in [3.8, 4) is 0 Å². The van der Waals surface area contributed by atoms with Crippen LogP contribution in [0.15, 0.2) is 30.7 Å². The fourth-order valence-corrected chi connectivity index (χ4v) is 1.71. The molecule has 0 amide bonds. The summed E-state index contributed by atoms with van der Waals surface area (Å²) in [4.78, 5) is 16.0. The van der Waals surface area contributed by atoms with Gasteiger partial charge in [0.05, 0.1) is 25.0 Å². The number of nitrogens with one attached hydrogen (secondary N) is 1. The van der Waals surface area contributed by atoms with Crippen LogP contribution < -0.4 is 11.1 Å². The van der Waals surface area contributed by atoms with Gasteiger partial charge in [0.25, 0.3) is 0 Å². The molecule has 0 aliphatic heterocycles. The van der Waals surface area contributed by atoms with E-state index in [1.165, 1.54) is 6.20 Å². The van der Waals surface area contributed by atoms with Crippen molar-refractivity contribution < 1.29 is 9.53 Å². The second kappa shape index (κ2) is 6.55. The number of nitrogens with two attached hydrogens (primary N) is 1. The minimum Gasteiger partial charge on any atom is -0.462 e. The molecule has 0 bridgehead atoms. The normalized spacial score (nSPS) is 10.2. The highest BCUT2D eigenvalue weighted by atomic mass is 16.5. The number of hydrogen-bond acceptors (Lipinski definition) is 6. The van der Waals surface area contributed by atoms with Crippen molar-refractivity contribution in [2.45, 2.75) is 13.5 Å². The third kappa shape index (κ3) is 3.47. The Bertz CT molecular complexity index is 568. The number of pyridine rings is 1. The second-order valence-electron chi connectivity index (χ2n) is 4.08. The lowest BCUT2D eigenvalue weighted by Crippen LogP contribution is -2.16. The average molecular weight is 275 g/mol. The van der Waals surface area contributed by atoms with Crippen LogP contribution in [-0.2, 0) is 11.3 Å². The van der Waals surface area contributed by atoms with Crippen LogP contribution in [0.2, 0.25) is 0 Å². The first-order valence-corrected chi connectivity index (χ1v) is 6.34. The monoisotopic (exact) mass is 275 g/mol. The Balaban J connectivity index is 2.04. The van der Waals surface area contributed by atoms with E-state index in [4.69, 9.17) is 10.5 Å². The van der Waals surface area contributed by atoms with Gasteiger partial charge in [0.2, 0.25) is 0 Å². The van der Waals surface area contributed by atoms with Gasteiger partial charge in [-0.15, -0.1) is 0 Å². The molecular formula is C13H17N5O2. The predicted octanol–water partition coefficient (Wildman–Crippen LogP) is 1.15. The lowest BCUT2D eigenvalue weighted by molar-refractivity contribution is 0.0527. The molecule has 7 nitrogen and oxygen atoms in total. The van der Waals surface area contributed by atoms with Gasteiger partial charge in [-0.1, -0.05) is 0 Å². The number of nitrogen functional groups attached to an aromatic ring is 1. The van der Waals surface area contributed by atoms with Crippen molar-refractivity contribution in [3.63, 3.8) is 0 Å². The number of carbonyl (C=O) groups excluding carboxylic acids is 1. The predicted molar refractivity (Wildman–Crippen MR) is 75.3 cm³/mol. The maximum absolute atomic E-state index is 11.8. The van der Waals surface area contributed by atoms with E-state index in [1.807, 2.05) is 12.3 Å². The molecule has 2 rings (SSSR count). The van der Waals surface area contributed by atoms with Crippen LogP contribution in [0, 0.1) is 0 Å². The van der Waals surface area contributed by atoms with Gasteiger partial charge in [-0.3, -0.25) is 4.68 Å². The molecular weight excluding hydrogens is 258 g/mol. The van der Waals surface area contributed by atoms with E-state index in [0.29, 0.717) is 36.8 Å². The molecule has 7 heteroatoms. The SMILES string of the molecule is CCOC(=O)c1cc(N)cnc1NCCn1cccn1. The zero-order chi connectivity index (χ0) is 14.4. The topological polar surface area (TPSA) is 95.1 Å². The molecule has 0 saturated carbocycles. The summed E-state index contributed by atoms with van der Waals surface area (Å²) >= 11 is 0. The van der Waals surface area contributed by atoms with Gasteiger partial charge in [-0.2, -0.15) is 5.10 Å². The number of nitrogens with zero attached hydrogens (tertiary/aromatic N) is 3. The number of anilines is 2. The Morgan fingerprint density at radius 1 is 1.55 bits per heavy atom. The summed E-state index contributed by atoms with van der Waals surface area (Å²) in [7, 11) is 0. The van der Waals surface area contributed by atoms with Crippen LogP contribution in [0.1, 0.15) is 17.3 Å². The lowest BCUT2D eigenvalue weighted by Gasteiger charge is -2.11. The van der Waals surface area contributed by atoms with Gasteiger partial charge in [0.1, 0.15) is 11.4 Å². The van der Waals surface area contributed by atoms with E-state index < -0.39 is 5.97 Å². The fourth-order valence-electron chi connectivity index (χ4n) is 1.71. The van der Waals surface area contributed by atoms with Crippen molar-refractivity contribution in [2.75, 3.05) is 24.2 Å². The Morgan fingerprint density at radius 3 is 3.10 bits per heavy atom. The molecule has 2 heterocycles. The van der Waals surface area contributed by atoms with Crippen LogP contribution in [0.25, 0.3) is 0 Å². The average Bonchev–Trinajstić information content (AvgIpc) is 2.94. The highest BCUT2D eigenvalue weighted by Gasteiger charge is 2.14. The maximum Gasteiger partial charge on any atom is 0.341 e. The molecule has 0 aromatic carbocycles. The second-order valence-corrected chi connectivity index (χ2v) is 4.08. The van der Waals surface area contributed by atoms with Crippen molar-refractivity contribution in [2.24, 2.45) is 0 Å². The van der Waals surface area contributed by atoms with Crippen molar-refractivity contribution in [1.29, 1.82) is 0 Å². The number of esters is 1. The number of ether oxygens (including phenoxy) is 1. The smallest absolute Gasteiger partial charge is 0.341 e. The van der Waals surface area contributed by atoms with Crippen LogP contribution in [0.3, 0.4) is 0 Å². The van der Waals surface area contributed by atoms with E-state index in [2.05, 4.69) is 15.4 Å². The molecule has 0 unspecified atom stereocenters. The number of rotatable bonds is 6. The molecule has 0 atom stereocenters. The summed E-state index contributed by atoms with van der Waals surface area (Å²) in [5, 5.41) is 7.18.